The zero-order valence-corrected chi connectivity index (χ0v) is 14.3. The largest absolute Gasteiger partial charge is 0.490 e. The summed E-state index contributed by atoms with van der Waals surface area (Å²) < 4.78 is 6.02. The molecule has 25 heavy (non-hydrogen) atoms. The minimum atomic E-state index is -0.00849. The van der Waals surface area contributed by atoms with Crippen molar-refractivity contribution in [1.82, 2.24) is 14.9 Å². The second kappa shape index (κ2) is 7.79. The fraction of sp³-hybridized carbons (Fsp3) is 0.316. The Morgan fingerprint density at radius 3 is 2.68 bits per heavy atom. The number of nitrogen functional groups attached to an aromatic ring is 1. The summed E-state index contributed by atoms with van der Waals surface area (Å²) in [5.74, 6) is 1.11. The highest BCUT2D eigenvalue weighted by Crippen LogP contribution is 2.20. The van der Waals surface area contributed by atoms with Crippen molar-refractivity contribution in [3.8, 4) is 5.75 Å². The zero-order valence-electron chi connectivity index (χ0n) is 14.3. The van der Waals surface area contributed by atoms with Gasteiger partial charge >= 0.3 is 0 Å². The summed E-state index contributed by atoms with van der Waals surface area (Å²) in [6.07, 6.45) is 8.26. The van der Waals surface area contributed by atoms with Gasteiger partial charge in [0.1, 0.15) is 11.9 Å². The lowest BCUT2D eigenvalue weighted by Gasteiger charge is -2.31. The van der Waals surface area contributed by atoms with E-state index in [2.05, 4.69) is 9.97 Å². The number of likely N-dealkylation sites (tertiary alicyclic amines) is 1. The Kier molecular flexibility index (Phi) is 5.28. The van der Waals surface area contributed by atoms with E-state index < -0.39 is 0 Å². The number of carbonyl (C=O) groups excluding carboxylic acids is 1. The van der Waals surface area contributed by atoms with Crippen molar-refractivity contribution < 1.29 is 9.53 Å². The minimum Gasteiger partial charge on any atom is -0.490 e. The number of piperidine rings is 1. The van der Waals surface area contributed by atoms with Crippen molar-refractivity contribution >= 4 is 17.9 Å². The van der Waals surface area contributed by atoms with E-state index in [-0.39, 0.29) is 18.0 Å². The molecule has 2 aromatic rings. The summed E-state index contributed by atoms with van der Waals surface area (Å²) in [6, 6.07) is 8.05. The van der Waals surface area contributed by atoms with Gasteiger partial charge in [0.15, 0.2) is 0 Å². The SMILES string of the molecule is Cc1cccc(OC2CCN(C(=O)C=Cc3cnc(N)nc3)CC2)c1. The van der Waals surface area contributed by atoms with Gasteiger partial charge < -0.3 is 15.4 Å². The molecule has 0 atom stereocenters. The van der Waals surface area contributed by atoms with Crippen LogP contribution in [0.3, 0.4) is 0 Å². The molecular formula is C19H22N4O2. The second-order valence-electron chi connectivity index (χ2n) is 6.17. The summed E-state index contributed by atoms with van der Waals surface area (Å²) in [6.45, 7) is 3.43. The predicted octanol–water partition coefficient (Wildman–Crippen LogP) is 2.45. The Morgan fingerprint density at radius 1 is 1.28 bits per heavy atom. The van der Waals surface area contributed by atoms with Crippen molar-refractivity contribution in [2.24, 2.45) is 0 Å². The van der Waals surface area contributed by atoms with Crippen LogP contribution in [0.25, 0.3) is 6.08 Å². The Bertz CT molecular complexity index is 750. The minimum absolute atomic E-state index is 0.00849. The monoisotopic (exact) mass is 338 g/mol. The zero-order chi connectivity index (χ0) is 17.6. The molecule has 0 spiro atoms. The molecule has 1 aromatic heterocycles. The molecule has 1 aliphatic heterocycles. The summed E-state index contributed by atoms with van der Waals surface area (Å²) in [7, 11) is 0. The van der Waals surface area contributed by atoms with Crippen LogP contribution in [0.1, 0.15) is 24.0 Å². The van der Waals surface area contributed by atoms with Crippen molar-refractivity contribution in [2.75, 3.05) is 18.8 Å². The number of aromatic nitrogens is 2. The summed E-state index contributed by atoms with van der Waals surface area (Å²) in [5, 5.41) is 0. The van der Waals surface area contributed by atoms with Gasteiger partial charge in [-0.2, -0.15) is 0 Å². The maximum Gasteiger partial charge on any atom is 0.246 e. The maximum atomic E-state index is 12.3. The lowest BCUT2D eigenvalue weighted by atomic mass is 10.1. The molecule has 1 amide bonds. The molecule has 0 aliphatic carbocycles. The van der Waals surface area contributed by atoms with Gasteiger partial charge in [-0.1, -0.05) is 12.1 Å². The fourth-order valence-electron chi connectivity index (χ4n) is 2.78. The molecule has 130 valence electrons. The molecule has 1 saturated heterocycles. The van der Waals surface area contributed by atoms with Gasteiger partial charge in [-0.25, -0.2) is 9.97 Å². The predicted molar refractivity (Wildman–Crippen MR) is 96.9 cm³/mol. The van der Waals surface area contributed by atoms with E-state index in [0.717, 1.165) is 24.2 Å². The first-order valence-electron chi connectivity index (χ1n) is 8.38. The average molecular weight is 338 g/mol. The van der Waals surface area contributed by atoms with Crippen LogP contribution in [-0.2, 0) is 4.79 Å². The van der Waals surface area contributed by atoms with Gasteiger partial charge in [-0.05, 0) is 30.7 Å². The average Bonchev–Trinajstić information content (AvgIpc) is 2.62. The number of amides is 1. The van der Waals surface area contributed by atoms with Gasteiger partial charge in [-0.3, -0.25) is 4.79 Å². The second-order valence-corrected chi connectivity index (χ2v) is 6.17. The molecule has 0 unspecified atom stereocenters. The summed E-state index contributed by atoms with van der Waals surface area (Å²) >= 11 is 0. The van der Waals surface area contributed by atoms with Crippen molar-refractivity contribution in [2.45, 2.75) is 25.9 Å². The van der Waals surface area contributed by atoms with Crippen LogP contribution in [0.2, 0.25) is 0 Å². The van der Waals surface area contributed by atoms with Crippen molar-refractivity contribution in [1.29, 1.82) is 0 Å². The number of rotatable bonds is 4. The molecule has 1 fully saturated rings. The topological polar surface area (TPSA) is 81.3 Å². The highest BCUT2D eigenvalue weighted by Gasteiger charge is 2.22. The van der Waals surface area contributed by atoms with Gasteiger partial charge in [0.2, 0.25) is 11.9 Å². The maximum absolute atomic E-state index is 12.3. The number of carbonyl (C=O) groups is 1. The van der Waals surface area contributed by atoms with Gasteiger partial charge in [0.05, 0.1) is 0 Å². The molecule has 1 aromatic carbocycles. The number of hydrogen-bond acceptors (Lipinski definition) is 5. The normalized spacial score (nSPS) is 15.5. The first-order valence-corrected chi connectivity index (χ1v) is 8.38. The Labute approximate surface area is 147 Å². The summed E-state index contributed by atoms with van der Waals surface area (Å²) in [4.78, 5) is 21.9. The number of aryl methyl sites for hydroxylation is 1. The van der Waals surface area contributed by atoms with E-state index in [1.54, 1.807) is 24.5 Å². The number of anilines is 1. The van der Waals surface area contributed by atoms with Crippen LogP contribution >= 0.6 is 0 Å². The first-order chi connectivity index (χ1) is 12.1. The van der Waals surface area contributed by atoms with E-state index in [0.29, 0.717) is 13.1 Å². The van der Waals surface area contributed by atoms with Gasteiger partial charge in [0.25, 0.3) is 0 Å². The van der Waals surface area contributed by atoms with Crippen LogP contribution in [0.5, 0.6) is 5.75 Å². The number of nitrogens with two attached hydrogens (primary N) is 1. The molecule has 6 nitrogen and oxygen atoms in total. The number of benzene rings is 1. The quantitative estimate of drug-likeness (QED) is 0.866. The highest BCUT2D eigenvalue weighted by molar-refractivity contribution is 5.91. The lowest BCUT2D eigenvalue weighted by Crippen LogP contribution is -2.41. The summed E-state index contributed by atoms with van der Waals surface area (Å²) in [5.41, 5.74) is 7.38. The molecule has 6 heteroatoms. The van der Waals surface area contributed by atoms with Crippen molar-refractivity contribution in [3.63, 3.8) is 0 Å². The Hall–Kier alpha value is -2.89. The number of hydrogen-bond donors (Lipinski definition) is 1. The van der Waals surface area contributed by atoms with E-state index in [9.17, 15) is 4.79 Å². The van der Waals surface area contributed by atoms with E-state index in [4.69, 9.17) is 10.5 Å². The molecule has 2 heterocycles. The molecule has 0 bridgehead atoms. The standard InChI is InChI=1S/C19H22N4O2/c1-14-3-2-4-17(11-14)25-16-7-9-23(10-8-16)18(24)6-5-15-12-21-19(20)22-13-15/h2-6,11-13,16H,7-10H2,1H3,(H2,20,21,22). The van der Waals surface area contributed by atoms with Crippen LogP contribution in [0, 0.1) is 6.92 Å². The molecule has 2 N–H and O–H groups in total. The molecular weight excluding hydrogens is 316 g/mol. The first kappa shape index (κ1) is 17.0. The molecule has 3 rings (SSSR count). The van der Waals surface area contributed by atoms with Crippen LogP contribution in [-0.4, -0.2) is 40.0 Å². The number of nitrogens with zero attached hydrogens (tertiary/aromatic N) is 3. The van der Waals surface area contributed by atoms with Crippen LogP contribution < -0.4 is 10.5 Å². The molecule has 1 aliphatic rings. The highest BCUT2D eigenvalue weighted by atomic mass is 16.5. The third kappa shape index (κ3) is 4.79. The molecule has 0 radical (unpaired) electrons. The van der Waals surface area contributed by atoms with E-state index >= 15 is 0 Å². The van der Waals surface area contributed by atoms with Gasteiger partial charge in [0, 0.05) is 50.0 Å². The Balaban J connectivity index is 1.49. The molecule has 0 saturated carbocycles. The lowest BCUT2D eigenvalue weighted by molar-refractivity contribution is -0.127. The number of ether oxygens (including phenoxy) is 1. The van der Waals surface area contributed by atoms with Crippen LogP contribution in [0.4, 0.5) is 5.95 Å². The fourth-order valence-corrected chi connectivity index (χ4v) is 2.78. The Morgan fingerprint density at radius 2 is 2.00 bits per heavy atom. The van der Waals surface area contributed by atoms with E-state index in [1.165, 1.54) is 5.56 Å². The van der Waals surface area contributed by atoms with Crippen molar-refractivity contribution in [3.05, 3.63) is 53.9 Å². The third-order valence-electron chi connectivity index (χ3n) is 4.16. The third-order valence-corrected chi connectivity index (χ3v) is 4.16. The van der Waals surface area contributed by atoms with E-state index in [1.807, 2.05) is 36.1 Å². The smallest absolute Gasteiger partial charge is 0.246 e. The van der Waals surface area contributed by atoms with Crippen LogP contribution in [0.15, 0.2) is 42.7 Å². The van der Waals surface area contributed by atoms with Gasteiger partial charge in [-0.15, -0.1) is 0 Å².